The summed E-state index contributed by atoms with van der Waals surface area (Å²) in [5.74, 6) is -0.0897. The van der Waals surface area contributed by atoms with Gasteiger partial charge in [0, 0.05) is 32.5 Å². The molecule has 3 aromatic rings. The average Bonchev–Trinajstić information content (AvgIpc) is 3.04. The first-order valence-electron chi connectivity index (χ1n) is 5.88. The van der Waals surface area contributed by atoms with Crippen molar-refractivity contribution in [3.05, 3.63) is 79.0 Å². The van der Waals surface area contributed by atoms with Gasteiger partial charge in [-0.2, -0.15) is 6.07 Å². The predicted molar refractivity (Wildman–Crippen MR) is 73.6 cm³/mol. The van der Waals surface area contributed by atoms with Gasteiger partial charge in [-0.3, -0.25) is 4.98 Å². The Balaban J connectivity index is 0.000000205. The molecule has 0 aromatic carbocycles. The molecule has 0 saturated carbocycles. The van der Waals surface area contributed by atoms with Crippen LogP contribution in [0.25, 0.3) is 5.82 Å². The van der Waals surface area contributed by atoms with Crippen molar-refractivity contribution in [3.8, 4) is 5.82 Å². The quantitative estimate of drug-likeness (QED) is 0.599. The standard InChI is InChI=1S/C9H7N2.C6H5NO2.Ir/c1-2-6-10-9(5-1)11-7-3-4-8-11;8-6(9)5-3-1-2-4-7-5;/h1-7H;1-4H,(H,8,9);/q-1;;. The van der Waals surface area contributed by atoms with Crippen LogP contribution in [0.3, 0.4) is 0 Å². The molecule has 0 aliphatic carbocycles. The van der Waals surface area contributed by atoms with Gasteiger partial charge in [0.15, 0.2) is 0 Å². The largest absolute Gasteiger partial charge is 0.477 e. The molecule has 0 aliphatic rings. The molecule has 1 radical (unpaired) electrons. The van der Waals surface area contributed by atoms with Crippen molar-refractivity contribution in [2.45, 2.75) is 0 Å². The van der Waals surface area contributed by atoms with E-state index in [1.165, 1.54) is 12.3 Å². The molecule has 0 atom stereocenters. The van der Waals surface area contributed by atoms with Crippen LogP contribution in [0.2, 0.25) is 0 Å². The molecular formula is C15H12IrN3O2-. The molecule has 0 aliphatic heterocycles. The first-order valence-corrected chi connectivity index (χ1v) is 5.88. The monoisotopic (exact) mass is 459 g/mol. The molecule has 0 bridgehead atoms. The Labute approximate surface area is 135 Å². The van der Waals surface area contributed by atoms with Gasteiger partial charge in [-0.15, -0.1) is 12.3 Å². The van der Waals surface area contributed by atoms with Crippen LogP contribution in [0.1, 0.15) is 10.5 Å². The number of carboxylic acid groups (broad SMARTS) is 1. The Kier molecular flexibility index (Phi) is 7.01. The summed E-state index contributed by atoms with van der Waals surface area (Å²) in [4.78, 5) is 17.9. The number of rotatable bonds is 2. The van der Waals surface area contributed by atoms with Crippen molar-refractivity contribution in [3.63, 3.8) is 0 Å². The Morgan fingerprint density at radius 2 is 1.76 bits per heavy atom. The number of carboxylic acids is 1. The van der Waals surface area contributed by atoms with E-state index in [0.29, 0.717) is 0 Å². The molecule has 0 amide bonds. The van der Waals surface area contributed by atoms with Crippen LogP contribution in [0.4, 0.5) is 0 Å². The number of aromatic carboxylic acids is 1. The van der Waals surface area contributed by atoms with Gasteiger partial charge in [0.25, 0.3) is 0 Å². The van der Waals surface area contributed by atoms with E-state index in [2.05, 4.69) is 16.2 Å². The van der Waals surface area contributed by atoms with Crippen molar-refractivity contribution in [2.24, 2.45) is 0 Å². The van der Waals surface area contributed by atoms with Crippen LogP contribution in [0, 0.1) is 6.20 Å². The Morgan fingerprint density at radius 3 is 2.19 bits per heavy atom. The van der Waals surface area contributed by atoms with Gasteiger partial charge < -0.3 is 9.67 Å². The molecule has 6 heteroatoms. The van der Waals surface area contributed by atoms with Gasteiger partial charge in [0.1, 0.15) is 5.69 Å². The molecule has 5 nitrogen and oxygen atoms in total. The minimum absolute atomic E-state index is 0. The summed E-state index contributed by atoms with van der Waals surface area (Å²) >= 11 is 0. The van der Waals surface area contributed by atoms with Gasteiger partial charge in [-0.1, -0.05) is 24.4 Å². The molecule has 109 valence electrons. The molecule has 3 rings (SSSR count). The average molecular weight is 458 g/mol. The van der Waals surface area contributed by atoms with Crippen LogP contribution >= 0.6 is 0 Å². The molecule has 0 fully saturated rings. The van der Waals surface area contributed by atoms with E-state index in [1.54, 1.807) is 18.3 Å². The van der Waals surface area contributed by atoms with Gasteiger partial charge in [-0.05, 0) is 18.2 Å². The fraction of sp³-hybridized carbons (Fsp3) is 0. The third kappa shape index (κ3) is 5.30. The Hall–Kier alpha value is -2.30. The second-order valence-corrected chi connectivity index (χ2v) is 3.72. The predicted octanol–water partition coefficient (Wildman–Crippen LogP) is 2.45. The zero-order valence-electron chi connectivity index (χ0n) is 10.9. The minimum Gasteiger partial charge on any atom is -0.477 e. The van der Waals surface area contributed by atoms with E-state index in [9.17, 15) is 4.79 Å². The fourth-order valence-electron chi connectivity index (χ4n) is 1.42. The van der Waals surface area contributed by atoms with E-state index in [1.807, 2.05) is 41.1 Å². The topological polar surface area (TPSA) is 68.0 Å². The first kappa shape index (κ1) is 16.8. The Morgan fingerprint density at radius 1 is 1.05 bits per heavy atom. The second-order valence-electron chi connectivity index (χ2n) is 3.72. The first-order chi connectivity index (χ1) is 9.77. The summed E-state index contributed by atoms with van der Waals surface area (Å²) in [6.45, 7) is 0. The van der Waals surface area contributed by atoms with Gasteiger partial charge in [0.2, 0.25) is 0 Å². The van der Waals surface area contributed by atoms with Gasteiger partial charge in [0.05, 0.1) is 5.82 Å². The summed E-state index contributed by atoms with van der Waals surface area (Å²) in [6.07, 6.45) is 8.14. The maximum absolute atomic E-state index is 10.1. The van der Waals surface area contributed by atoms with Crippen LogP contribution in [-0.4, -0.2) is 25.6 Å². The zero-order valence-corrected chi connectivity index (χ0v) is 13.3. The SMILES string of the molecule is O=C(O)c1ccccn1.[Ir].[c-]1cccn1-c1ccccn1. The van der Waals surface area contributed by atoms with Crippen LogP contribution in [-0.2, 0) is 20.1 Å². The summed E-state index contributed by atoms with van der Waals surface area (Å²) in [6, 6.07) is 14.3. The third-order valence-electron chi connectivity index (χ3n) is 2.33. The summed E-state index contributed by atoms with van der Waals surface area (Å²) in [7, 11) is 0. The van der Waals surface area contributed by atoms with Crippen LogP contribution < -0.4 is 0 Å². The number of nitrogens with zero attached hydrogens (tertiary/aromatic N) is 3. The van der Waals surface area contributed by atoms with E-state index in [-0.39, 0.29) is 25.8 Å². The Bertz CT molecular complexity index is 643. The van der Waals surface area contributed by atoms with Gasteiger partial charge >= 0.3 is 5.97 Å². The van der Waals surface area contributed by atoms with E-state index in [4.69, 9.17) is 5.11 Å². The van der Waals surface area contributed by atoms with Crippen molar-refractivity contribution in [1.82, 2.24) is 14.5 Å². The summed E-state index contributed by atoms with van der Waals surface area (Å²) < 4.78 is 1.85. The zero-order chi connectivity index (χ0) is 14.2. The van der Waals surface area contributed by atoms with E-state index < -0.39 is 5.97 Å². The molecule has 21 heavy (non-hydrogen) atoms. The molecule has 0 unspecified atom stereocenters. The summed E-state index contributed by atoms with van der Waals surface area (Å²) in [5.41, 5.74) is 0.0810. The molecule has 1 N–H and O–H groups in total. The molecule has 0 spiro atoms. The molecule has 0 saturated heterocycles. The third-order valence-corrected chi connectivity index (χ3v) is 2.33. The number of hydrogen-bond acceptors (Lipinski definition) is 3. The number of hydrogen-bond donors (Lipinski definition) is 1. The fourth-order valence-corrected chi connectivity index (χ4v) is 1.42. The van der Waals surface area contributed by atoms with Crippen molar-refractivity contribution in [1.29, 1.82) is 0 Å². The smallest absolute Gasteiger partial charge is 0.354 e. The number of aromatic nitrogens is 3. The molecule has 3 heterocycles. The number of pyridine rings is 2. The number of carbonyl (C=O) groups is 1. The van der Waals surface area contributed by atoms with Gasteiger partial charge in [-0.25, -0.2) is 9.78 Å². The van der Waals surface area contributed by atoms with E-state index in [0.717, 1.165) is 5.82 Å². The van der Waals surface area contributed by atoms with Crippen molar-refractivity contribution in [2.75, 3.05) is 0 Å². The van der Waals surface area contributed by atoms with Crippen LogP contribution in [0.5, 0.6) is 0 Å². The normalized spacial score (nSPS) is 8.95. The molecule has 3 aromatic heterocycles. The van der Waals surface area contributed by atoms with Crippen molar-refractivity contribution < 1.29 is 30.0 Å². The van der Waals surface area contributed by atoms with E-state index >= 15 is 0 Å². The van der Waals surface area contributed by atoms with Crippen molar-refractivity contribution >= 4 is 5.97 Å². The maximum Gasteiger partial charge on any atom is 0.354 e. The maximum atomic E-state index is 10.1. The summed E-state index contributed by atoms with van der Waals surface area (Å²) in [5, 5.41) is 8.32. The minimum atomic E-state index is -0.990. The second kappa shape index (κ2) is 8.79. The molecular weight excluding hydrogens is 446 g/mol. The van der Waals surface area contributed by atoms with Crippen LogP contribution in [0.15, 0.2) is 67.1 Å².